The molecule has 0 bridgehead atoms. The SMILES string of the molecule is CSc1ccc(NC(=O)N(Cc2ccco2)C(C)c2nc3ccccc3c(=O)n2-c2ccc(C)c(C)c2)cc1. The van der Waals surface area contributed by atoms with Crippen LogP contribution in [0.3, 0.4) is 0 Å². The van der Waals surface area contributed by atoms with Crippen molar-refractivity contribution in [2.24, 2.45) is 0 Å². The monoisotopic (exact) mass is 538 g/mol. The summed E-state index contributed by atoms with van der Waals surface area (Å²) in [6.07, 6.45) is 3.59. The van der Waals surface area contributed by atoms with Crippen LogP contribution < -0.4 is 10.9 Å². The molecule has 0 spiro atoms. The molecule has 0 saturated carbocycles. The summed E-state index contributed by atoms with van der Waals surface area (Å²) in [4.78, 5) is 35.3. The van der Waals surface area contributed by atoms with Crippen molar-refractivity contribution in [1.82, 2.24) is 14.5 Å². The molecule has 0 aliphatic heterocycles. The molecule has 1 atom stereocenters. The summed E-state index contributed by atoms with van der Waals surface area (Å²) in [5, 5.41) is 3.52. The van der Waals surface area contributed by atoms with Gasteiger partial charge in [0.15, 0.2) is 0 Å². The Morgan fingerprint density at radius 2 is 1.79 bits per heavy atom. The Kier molecular flexibility index (Phi) is 7.56. The van der Waals surface area contributed by atoms with E-state index in [4.69, 9.17) is 9.40 Å². The van der Waals surface area contributed by atoms with Gasteiger partial charge in [0.1, 0.15) is 11.6 Å². The first-order chi connectivity index (χ1) is 18.9. The van der Waals surface area contributed by atoms with Crippen LogP contribution in [0.2, 0.25) is 0 Å². The lowest BCUT2D eigenvalue weighted by Gasteiger charge is -2.30. The van der Waals surface area contributed by atoms with E-state index in [2.05, 4.69) is 5.32 Å². The Morgan fingerprint density at radius 3 is 2.49 bits per heavy atom. The molecule has 0 aliphatic carbocycles. The van der Waals surface area contributed by atoms with Crippen LogP contribution >= 0.6 is 11.8 Å². The number of amides is 2. The maximum absolute atomic E-state index is 13.9. The van der Waals surface area contributed by atoms with E-state index in [9.17, 15) is 9.59 Å². The lowest BCUT2D eigenvalue weighted by atomic mass is 10.1. The lowest BCUT2D eigenvalue weighted by molar-refractivity contribution is 0.179. The van der Waals surface area contributed by atoms with E-state index in [1.165, 1.54) is 0 Å². The average Bonchev–Trinajstić information content (AvgIpc) is 3.47. The maximum atomic E-state index is 13.9. The minimum absolute atomic E-state index is 0.184. The fourth-order valence-electron chi connectivity index (χ4n) is 4.51. The number of aromatic nitrogens is 2. The summed E-state index contributed by atoms with van der Waals surface area (Å²) < 4.78 is 7.23. The van der Waals surface area contributed by atoms with Gasteiger partial charge in [0, 0.05) is 10.6 Å². The molecule has 2 heterocycles. The molecule has 5 aromatic rings. The van der Waals surface area contributed by atoms with Gasteiger partial charge in [0.25, 0.3) is 5.56 Å². The van der Waals surface area contributed by atoms with Gasteiger partial charge >= 0.3 is 6.03 Å². The molecule has 0 saturated heterocycles. The number of aryl methyl sites for hydroxylation is 2. The highest BCUT2D eigenvalue weighted by molar-refractivity contribution is 7.98. The minimum Gasteiger partial charge on any atom is -0.467 e. The second kappa shape index (κ2) is 11.2. The zero-order valence-electron chi connectivity index (χ0n) is 22.3. The molecular formula is C31H30N4O3S. The van der Waals surface area contributed by atoms with Crippen molar-refractivity contribution < 1.29 is 9.21 Å². The van der Waals surface area contributed by atoms with Gasteiger partial charge in [-0.3, -0.25) is 9.36 Å². The maximum Gasteiger partial charge on any atom is 0.322 e. The number of fused-ring (bicyclic) bond motifs is 1. The first-order valence-electron chi connectivity index (χ1n) is 12.7. The van der Waals surface area contributed by atoms with E-state index in [1.807, 2.05) is 93.8 Å². The second-order valence-electron chi connectivity index (χ2n) is 9.44. The first kappa shape index (κ1) is 26.3. The fraction of sp³-hybridized carbons (Fsp3) is 0.194. The number of furan rings is 1. The Hall–Kier alpha value is -4.30. The number of nitrogens with one attached hydrogen (secondary N) is 1. The predicted molar refractivity (Wildman–Crippen MR) is 157 cm³/mol. The molecule has 2 amide bonds. The summed E-state index contributed by atoms with van der Waals surface area (Å²) >= 11 is 1.63. The van der Waals surface area contributed by atoms with Crippen LogP contribution in [-0.4, -0.2) is 26.7 Å². The molecule has 0 fully saturated rings. The molecule has 0 radical (unpaired) electrons. The Morgan fingerprint density at radius 1 is 1.03 bits per heavy atom. The molecule has 0 aliphatic rings. The lowest BCUT2D eigenvalue weighted by Crippen LogP contribution is -2.39. The number of benzene rings is 3. The number of para-hydroxylation sites is 1. The van der Waals surface area contributed by atoms with Crippen LogP contribution in [0.1, 0.15) is 35.7 Å². The zero-order chi connectivity index (χ0) is 27.5. The minimum atomic E-state index is -0.584. The van der Waals surface area contributed by atoms with Gasteiger partial charge in [0.2, 0.25) is 0 Å². The van der Waals surface area contributed by atoms with Crippen LogP contribution in [0, 0.1) is 13.8 Å². The van der Waals surface area contributed by atoms with Crippen molar-refractivity contribution in [3.8, 4) is 5.69 Å². The predicted octanol–water partition coefficient (Wildman–Crippen LogP) is 7.11. The molecule has 1 N–H and O–H groups in total. The van der Waals surface area contributed by atoms with Crippen molar-refractivity contribution in [3.63, 3.8) is 0 Å². The van der Waals surface area contributed by atoms with Crippen LogP contribution in [-0.2, 0) is 6.54 Å². The number of nitrogens with zero attached hydrogens (tertiary/aromatic N) is 3. The van der Waals surface area contributed by atoms with Crippen LogP contribution in [0.5, 0.6) is 0 Å². The van der Waals surface area contributed by atoms with Crippen LogP contribution in [0.25, 0.3) is 16.6 Å². The molecular weight excluding hydrogens is 508 g/mol. The van der Waals surface area contributed by atoms with Crippen LogP contribution in [0.15, 0.2) is 99.2 Å². The molecule has 198 valence electrons. The highest BCUT2D eigenvalue weighted by Gasteiger charge is 2.28. The highest BCUT2D eigenvalue weighted by atomic mass is 32.2. The third kappa shape index (κ3) is 5.47. The number of thioether (sulfide) groups is 1. The largest absolute Gasteiger partial charge is 0.467 e. The van der Waals surface area contributed by atoms with E-state index in [1.54, 1.807) is 39.6 Å². The number of carbonyl (C=O) groups is 1. The number of urea groups is 1. The summed E-state index contributed by atoms with van der Waals surface area (Å²) in [5.74, 6) is 1.08. The summed E-state index contributed by atoms with van der Waals surface area (Å²) in [6, 6.07) is 23.5. The summed E-state index contributed by atoms with van der Waals surface area (Å²) in [7, 11) is 0. The van der Waals surface area contributed by atoms with Crippen molar-refractivity contribution in [1.29, 1.82) is 0 Å². The van der Waals surface area contributed by atoms with E-state index in [0.717, 1.165) is 16.0 Å². The van der Waals surface area contributed by atoms with Gasteiger partial charge in [-0.15, -0.1) is 11.8 Å². The van der Waals surface area contributed by atoms with Gasteiger partial charge in [-0.25, -0.2) is 9.78 Å². The summed E-state index contributed by atoms with van der Waals surface area (Å²) in [6.45, 7) is 6.12. The quantitative estimate of drug-likeness (QED) is 0.223. The van der Waals surface area contributed by atoms with Gasteiger partial charge in [0.05, 0.1) is 35.4 Å². The van der Waals surface area contributed by atoms with Crippen LogP contribution in [0.4, 0.5) is 10.5 Å². The second-order valence-corrected chi connectivity index (χ2v) is 10.3. The van der Waals surface area contributed by atoms with E-state index < -0.39 is 6.04 Å². The fourth-order valence-corrected chi connectivity index (χ4v) is 4.92. The molecule has 2 aromatic heterocycles. The normalized spacial score (nSPS) is 11.9. The van der Waals surface area contributed by atoms with Gasteiger partial charge < -0.3 is 14.6 Å². The number of anilines is 1. The third-order valence-electron chi connectivity index (χ3n) is 6.90. The van der Waals surface area contributed by atoms with Crippen molar-refractivity contribution in [2.45, 2.75) is 38.3 Å². The molecule has 3 aromatic carbocycles. The van der Waals surface area contributed by atoms with Crippen molar-refractivity contribution in [3.05, 3.63) is 118 Å². The van der Waals surface area contributed by atoms with E-state index in [0.29, 0.717) is 33.9 Å². The number of rotatable bonds is 7. The van der Waals surface area contributed by atoms with E-state index in [-0.39, 0.29) is 18.1 Å². The molecule has 8 heteroatoms. The van der Waals surface area contributed by atoms with E-state index >= 15 is 0 Å². The van der Waals surface area contributed by atoms with Crippen molar-refractivity contribution in [2.75, 3.05) is 11.6 Å². The third-order valence-corrected chi connectivity index (χ3v) is 7.64. The summed E-state index contributed by atoms with van der Waals surface area (Å²) in [5.41, 5.74) is 3.96. The van der Waals surface area contributed by atoms with Gasteiger partial charge in [-0.05, 0) is 98.8 Å². The molecule has 1 unspecified atom stereocenters. The number of hydrogen-bond donors (Lipinski definition) is 1. The van der Waals surface area contributed by atoms with Gasteiger partial charge in [-0.1, -0.05) is 18.2 Å². The average molecular weight is 539 g/mol. The molecule has 39 heavy (non-hydrogen) atoms. The zero-order valence-corrected chi connectivity index (χ0v) is 23.2. The standard InChI is InChI=1S/C31H30N4O3S/c1-20-11-14-24(18-21(20)2)35-29(33-28-10-6-5-9-27(28)30(35)36)22(3)34(19-25-8-7-17-38-25)31(37)32-23-12-15-26(39-4)16-13-23/h5-18,22H,19H2,1-4H3,(H,32,37). The topological polar surface area (TPSA) is 80.4 Å². The Bertz CT molecular complexity index is 1680. The molecule has 5 rings (SSSR count). The molecule has 7 nitrogen and oxygen atoms in total. The Balaban J connectivity index is 1.62. The highest BCUT2D eigenvalue weighted by Crippen LogP contribution is 2.27. The van der Waals surface area contributed by atoms with Gasteiger partial charge in [-0.2, -0.15) is 0 Å². The number of hydrogen-bond acceptors (Lipinski definition) is 5. The smallest absolute Gasteiger partial charge is 0.322 e. The first-order valence-corrected chi connectivity index (χ1v) is 13.9. The number of carbonyl (C=O) groups excluding carboxylic acids is 1. The van der Waals surface area contributed by atoms with Crippen molar-refractivity contribution >= 4 is 34.4 Å². The Labute approximate surface area is 231 Å².